The number of carboxylic acids is 3. The Hall–Kier alpha value is -3.22. The van der Waals surface area contributed by atoms with E-state index in [2.05, 4.69) is 10.6 Å². The molecule has 1 rings (SSSR count). The molecule has 4 unspecified atom stereocenters. The average molecular weight is 472 g/mol. The van der Waals surface area contributed by atoms with Crippen LogP contribution in [-0.2, 0) is 28.8 Å². The maximum atomic E-state index is 12.9. The fourth-order valence-corrected chi connectivity index (χ4v) is 3.56. The van der Waals surface area contributed by atoms with Gasteiger partial charge in [-0.2, -0.15) is 0 Å². The molecule has 13 heteroatoms. The van der Waals surface area contributed by atoms with Crippen molar-refractivity contribution < 1.29 is 44.1 Å². The molecule has 0 aromatic carbocycles. The van der Waals surface area contributed by atoms with Crippen LogP contribution in [0.3, 0.4) is 0 Å². The van der Waals surface area contributed by atoms with Gasteiger partial charge in [0.25, 0.3) is 0 Å². The van der Waals surface area contributed by atoms with Gasteiger partial charge in [-0.25, -0.2) is 4.79 Å². The van der Waals surface area contributed by atoms with Gasteiger partial charge < -0.3 is 36.6 Å². The molecule has 0 saturated carbocycles. The van der Waals surface area contributed by atoms with Gasteiger partial charge in [-0.15, -0.1) is 0 Å². The monoisotopic (exact) mass is 472 g/mol. The predicted molar refractivity (Wildman–Crippen MR) is 113 cm³/mol. The molecular formula is C20H32N4O9. The number of aliphatic carboxylic acids is 3. The van der Waals surface area contributed by atoms with Gasteiger partial charge >= 0.3 is 17.9 Å². The SMILES string of the molecule is CC(C)CC(N)C(=O)NC(CCC(=O)O)C(=O)NC(CC(=O)O)C(=O)N1CCCC1C(=O)O. The minimum atomic E-state index is -1.59. The standard InChI is InChI=1S/C20H32N4O9/c1-10(2)8-11(21)17(29)22-12(5-6-15(25)26)18(30)23-13(9-16(27)28)19(31)24-7-3-4-14(24)20(32)33/h10-14H,3-9,21H2,1-2H3,(H,22,29)(H,23,30)(H,25,26)(H,27,28)(H,32,33). The van der Waals surface area contributed by atoms with Crippen LogP contribution < -0.4 is 16.4 Å². The van der Waals surface area contributed by atoms with Gasteiger partial charge in [0.05, 0.1) is 12.5 Å². The summed E-state index contributed by atoms with van der Waals surface area (Å²) in [6.45, 7) is 3.77. The Kier molecular flexibility index (Phi) is 10.7. The Labute approximate surface area is 190 Å². The van der Waals surface area contributed by atoms with Gasteiger partial charge in [0.2, 0.25) is 17.7 Å². The second-order valence-corrected chi connectivity index (χ2v) is 8.42. The smallest absolute Gasteiger partial charge is 0.326 e. The molecule has 0 bridgehead atoms. The molecule has 0 aromatic rings. The van der Waals surface area contributed by atoms with Crippen LogP contribution in [-0.4, -0.2) is 86.6 Å². The average Bonchev–Trinajstić information content (AvgIpc) is 3.18. The highest BCUT2D eigenvalue weighted by atomic mass is 16.4. The predicted octanol–water partition coefficient (Wildman–Crippen LogP) is -1.26. The van der Waals surface area contributed by atoms with Crippen LogP contribution in [0, 0.1) is 5.92 Å². The minimum absolute atomic E-state index is 0.0808. The number of carbonyl (C=O) groups excluding carboxylic acids is 3. The van der Waals surface area contributed by atoms with Crippen molar-refractivity contribution in [2.45, 2.75) is 76.5 Å². The van der Waals surface area contributed by atoms with Crippen molar-refractivity contribution in [3.8, 4) is 0 Å². The number of nitrogens with zero attached hydrogens (tertiary/aromatic N) is 1. The third-order valence-electron chi connectivity index (χ3n) is 5.16. The van der Waals surface area contributed by atoms with Gasteiger partial charge in [0.1, 0.15) is 18.1 Å². The van der Waals surface area contributed by atoms with E-state index in [0.29, 0.717) is 12.8 Å². The van der Waals surface area contributed by atoms with E-state index in [9.17, 15) is 39.0 Å². The molecule has 4 atom stereocenters. The van der Waals surface area contributed by atoms with Crippen molar-refractivity contribution in [3.63, 3.8) is 0 Å². The lowest BCUT2D eigenvalue weighted by Crippen LogP contribution is -2.57. The molecule has 1 aliphatic heterocycles. The van der Waals surface area contributed by atoms with Gasteiger partial charge in [0.15, 0.2) is 0 Å². The Morgan fingerprint density at radius 1 is 0.970 bits per heavy atom. The molecule has 0 radical (unpaired) electrons. The van der Waals surface area contributed by atoms with E-state index in [1.54, 1.807) is 0 Å². The molecule has 1 saturated heterocycles. The number of carbonyl (C=O) groups is 6. The van der Waals surface area contributed by atoms with Crippen LogP contribution in [0.1, 0.15) is 52.4 Å². The quantitative estimate of drug-likeness (QED) is 0.187. The van der Waals surface area contributed by atoms with E-state index < -0.39 is 72.6 Å². The number of hydrogen-bond donors (Lipinski definition) is 6. The van der Waals surface area contributed by atoms with Crippen molar-refractivity contribution in [3.05, 3.63) is 0 Å². The van der Waals surface area contributed by atoms with Crippen LogP contribution in [0.5, 0.6) is 0 Å². The minimum Gasteiger partial charge on any atom is -0.481 e. The molecule has 1 heterocycles. The summed E-state index contributed by atoms with van der Waals surface area (Å²) in [7, 11) is 0. The summed E-state index contributed by atoms with van der Waals surface area (Å²) in [6, 6.07) is -5.07. The second-order valence-electron chi connectivity index (χ2n) is 8.42. The number of carboxylic acid groups (broad SMARTS) is 3. The first kappa shape index (κ1) is 27.8. The highest BCUT2D eigenvalue weighted by molar-refractivity contribution is 5.96. The number of nitrogens with one attached hydrogen (secondary N) is 2. The first-order chi connectivity index (χ1) is 15.3. The molecule has 0 aromatic heterocycles. The summed E-state index contributed by atoms with van der Waals surface area (Å²) in [5.41, 5.74) is 5.81. The molecular weight excluding hydrogens is 440 g/mol. The fourth-order valence-electron chi connectivity index (χ4n) is 3.56. The maximum Gasteiger partial charge on any atom is 0.326 e. The molecule has 7 N–H and O–H groups in total. The molecule has 13 nitrogen and oxygen atoms in total. The van der Waals surface area contributed by atoms with Crippen LogP contribution in [0.2, 0.25) is 0 Å². The van der Waals surface area contributed by atoms with Crippen LogP contribution in [0.25, 0.3) is 0 Å². The normalized spacial score (nSPS) is 18.3. The van der Waals surface area contributed by atoms with Crippen molar-refractivity contribution in [1.82, 2.24) is 15.5 Å². The third-order valence-corrected chi connectivity index (χ3v) is 5.16. The Morgan fingerprint density at radius 2 is 1.58 bits per heavy atom. The van der Waals surface area contributed by atoms with E-state index in [0.717, 1.165) is 4.90 Å². The first-order valence-corrected chi connectivity index (χ1v) is 10.7. The van der Waals surface area contributed by atoms with Crippen molar-refractivity contribution in [2.24, 2.45) is 11.7 Å². The Balaban J connectivity index is 3.02. The lowest BCUT2D eigenvalue weighted by atomic mass is 10.0. The zero-order chi connectivity index (χ0) is 25.3. The number of rotatable bonds is 13. The number of hydrogen-bond acceptors (Lipinski definition) is 7. The van der Waals surface area contributed by atoms with Gasteiger partial charge in [-0.05, 0) is 31.6 Å². The van der Waals surface area contributed by atoms with Crippen molar-refractivity contribution >= 4 is 35.6 Å². The summed E-state index contributed by atoms with van der Waals surface area (Å²) in [4.78, 5) is 72.7. The summed E-state index contributed by atoms with van der Waals surface area (Å²) < 4.78 is 0. The largest absolute Gasteiger partial charge is 0.481 e. The Bertz CT molecular complexity index is 771. The highest BCUT2D eigenvalue weighted by Crippen LogP contribution is 2.19. The molecule has 1 fully saturated rings. The number of amides is 3. The van der Waals surface area contributed by atoms with Gasteiger partial charge in [-0.1, -0.05) is 13.8 Å². The van der Waals surface area contributed by atoms with E-state index in [-0.39, 0.29) is 25.3 Å². The summed E-state index contributed by atoms with van der Waals surface area (Å²) in [5, 5.41) is 32.0. The van der Waals surface area contributed by atoms with Crippen molar-refractivity contribution in [2.75, 3.05) is 6.54 Å². The van der Waals surface area contributed by atoms with Crippen LogP contribution in [0.4, 0.5) is 0 Å². The lowest BCUT2D eigenvalue weighted by Gasteiger charge is -2.28. The molecule has 1 aliphatic rings. The van der Waals surface area contributed by atoms with Gasteiger partial charge in [-0.3, -0.25) is 24.0 Å². The maximum absolute atomic E-state index is 12.9. The lowest BCUT2D eigenvalue weighted by molar-refractivity contribution is -0.150. The zero-order valence-electron chi connectivity index (χ0n) is 18.7. The number of nitrogens with two attached hydrogens (primary N) is 1. The number of likely N-dealkylation sites (tertiary alicyclic amines) is 1. The van der Waals surface area contributed by atoms with Crippen LogP contribution >= 0.6 is 0 Å². The van der Waals surface area contributed by atoms with E-state index in [4.69, 9.17) is 10.8 Å². The molecule has 3 amide bonds. The van der Waals surface area contributed by atoms with E-state index in [1.165, 1.54) is 0 Å². The zero-order valence-corrected chi connectivity index (χ0v) is 18.7. The molecule has 33 heavy (non-hydrogen) atoms. The molecule has 0 aliphatic carbocycles. The summed E-state index contributed by atoms with van der Waals surface area (Å²) >= 11 is 0. The van der Waals surface area contributed by atoms with Crippen LogP contribution in [0.15, 0.2) is 0 Å². The van der Waals surface area contributed by atoms with Gasteiger partial charge in [0, 0.05) is 13.0 Å². The first-order valence-electron chi connectivity index (χ1n) is 10.7. The summed E-state index contributed by atoms with van der Waals surface area (Å²) in [6.07, 6.45) is -0.717. The van der Waals surface area contributed by atoms with Crippen molar-refractivity contribution in [1.29, 1.82) is 0 Å². The molecule has 186 valence electrons. The second kappa shape index (κ2) is 12.7. The molecule has 0 spiro atoms. The Morgan fingerprint density at radius 3 is 2.09 bits per heavy atom. The fraction of sp³-hybridized carbons (Fsp3) is 0.700. The highest BCUT2D eigenvalue weighted by Gasteiger charge is 2.39. The van der Waals surface area contributed by atoms with E-state index >= 15 is 0 Å². The summed E-state index contributed by atoms with van der Waals surface area (Å²) in [5.74, 6) is -6.34. The third kappa shape index (κ3) is 9.04. The van der Waals surface area contributed by atoms with E-state index in [1.807, 2.05) is 13.8 Å². The topological polar surface area (TPSA) is 216 Å².